The molecule has 2 aromatic heterocycles. The number of hydrogen-bond donors (Lipinski definition) is 1. The van der Waals surface area contributed by atoms with E-state index in [1.165, 1.54) is 7.11 Å². The predicted octanol–water partition coefficient (Wildman–Crippen LogP) is 1.61. The van der Waals surface area contributed by atoms with E-state index in [2.05, 4.69) is 15.0 Å². The molecule has 0 amide bonds. The highest BCUT2D eigenvalue weighted by Crippen LogP contribution is 2.21. The van der Waals surface area contributed by atoms with Gasteiger partial charge in [0.2, 0.25) is 5.88 Å². The van der Waals surface area contributed by atoms with Crippen LogP contribution in [0.1, 0.15) is 23.0 Å². The maximum absolute atomic E-state index is 11.8. The topological polar surface area (TPSA) is 100 Å². The summed E-state index contributed by atoms with van der Waals surface area (Å²) in [5.74, 6) is 0.457. The smallest absolute Gasteiger partial charge is 0.343 e. The van der Waals surface area contributed by atoms with Crippen molar-refractivity contribution >= 4 is 11.8 Å². The van der Waals surface area contributed by atoms with Crippen molar-refractivity contribution in [3.63, 3.8) is 0 Å². The molecule has 0 fully saturated rings. The summed E-state index contributed by atoms with van der Waals surface area (Å²) in [4.78, 5) is 24.3. The molecule has 0 aromatic carbocycles. The lowest BCUT2D eigenvalue weighted by Crippen LogP contribution is -2.13. The Balaban J connectivity index is 2.41. The molecule has 0 radical (unpaired) electrons. The van der Waals surface area contributed by atoms with Gasteiger partial charge in [0.15, 0.2) is 5.82 Å². The summed E-state index contributed by atoms with van der Waals surface area (Å²) in [5.41, 5.74) is 7.19. The fraction of sp³-hybridized carbons (Fsp3) is 0.286. The van der Waals surface area contributed by atoms with Crippen LogP contribution in [0.3, 0.4) is 0 Å². The molecular weight excluding hydrogens is 272 g/mol. The van der Waals surface area contributed by atoms with Crippen molar-refractivity contribution in [2.75, 3.05) is 19.5 Å². The summed E-state index contributed by atoms with van der Waals surface area (Å²) < 4.78 is 9.93. The number of nitrogens with two attached hydrogens (primary N) is 1. The molecule has 7 nitrogen and oxygen atoms in total. The predicted molar refractivity (Wildman–Crippen MR) is 76.9 cm³/mol. The van der Waals surface area contributed by atoms with Crippen molar-refractivity contribution in [2.24, 2.45) is 0 Å². The summed E-state index contributed by atoms with van der Waals surface area (Å²) >= 11 is 0. The number of carbonyl (C=O) groups is 1. The molecule has 0 atom stereocenters. The highest BCUT2D eigenvalue weighted by Gasteiger charge is 2.18. The van der Waals surface area contributed by atoms with Crippen LogP contribution >= 0.6 is 0 Å². The second-order valence-corrected chi connectivity index (χ2v) is 4.20. The van der Waals surface area contributed by atoms with E-state index in [-0.39, 0.29) is 18.0 Å². The number of esters is 1. The van der Waals surface area contributed by atoms with Crippen LogP contribution in [0.25, 0.3) is 11.4 Å². The highest BCUT2D eigenvalue weighted by molar-refractivity contribution is 5.95. The average Bonchev–Trinajstić information content (AvgIpc) is 2.47. The minimum Gasteiger partial charge on any atom is -0.481 e. The van der Waals surface area contributed by atoms with Gasteiger partial charge in [0.05, 0.1) is 19.4 Å². The standard InChI is InChI=1S/C14H16N4O3/c1-4-21-14(19)11-8(2)17-13(18-12(11)15)9-5-6-10(20-3)16-7-9/h5-7H,4H2,1-3H3,(H2,15,17,18). The Morgan fingerprint density at radius 3 is 2.62 bits per heavy atom. The second-order valence-electron chi connectivity index (χ2n) is 4.20. The lowest BCUT2D eigenvalue weighted by Gasteiger charge is -2.09. The zero-order valence-electron chi connectivity index (χ0n) is 12.1. The van der Waals surface area contributed by atoms with Gasteiger partial charge in [0, 0.05) is 17.8 Å². The first-order chi connectivity index (χ1) is 10.1. The highest BCUT2D eigenvalue weighted by atomic mass is 16.5. The molecule has 0 bridgehead atoms. The number of nitrogen functional groups attached to an aromatic ring is 1. The Morgan fingerprint density at radius 2 is 2.10 bits per heavy atom. The van der Waals surface area contributed by atoms with E-state index in [4.69, 9.17) is 15.2 Å². The first-order valence-electron chi connectivity index (χ1n) is 6.38. The number of hydrogen-bond acceptors (Lipinski definition) is 7. The van der Waals surface area contributed by atoms with Gasteiger partial charge in [-0.05, 0) is 19.9 Å². The van der Waals surface area contributed by atoms with Crippen LogP contribution in [-0.4, -0.2) is 34.6 Å². The lowest BCUT2D eigenvalue weighted by atomic mass is 10.2. The van der Waals surface area contributed by atoms with Crippen LogP contribution in [0, 0.1) is 6.92 Å². The van der Waals surface area contributed by atoms with Crippen LogP contribution in [0.5, 0.6) is 5.88 Å². The SMILES string of the molecule is CCOC(=O)c1c(C)nc(-c2ccc(OC)nc2)nc1N. The number of ether oxygens (including phenoxy) is 2. The zero-order valence-corrected chi connectivity index (χ0v) is 12.1. The maximum atomic E-state index is 11.8. The molecule has 110 valence electrons. The largest absolute Gasteiger partial charge is 0.481 e. The molecule has 0 aliphatic carbocycles. The number of aromatic nitrogens is 3. The quantitative estimate of drug-likeness (QED) is 0.853. The molecule has 0 aliphatic heterocycles. The molecule has 2 N–H and O–H groups in total. The third-order valence-corrected chi connectivity index (χ3v) is 2.80. The molecule has 7 heteroatoms. The fourth-order valence-electron chi connectivity index (χ4n) is 1.81. The zero-order chi connectivity index (χ0) is 15.4. The Kier molecular flexibility index (Phi) is 4.32. The molecule has 0 saturated carbocycles. The summed E-state index contributed by atoms with van der Waals surface area (Å²) in [6.45, 7) is 3.67. The van der Waals surface area contributed by atoms with E-state index in [1.54, 1.807) is 32.2 Å². The summed E-state index contributed by atoms with van der Waals surface area (Å²) in [7, 11) is 1.54. The Morgan fingerprint density at radius 1 is 1.33 bits per heavy atom. The Hall–Kier alpha value is -2.70. The van der Waals surface area contributed by atoms with Crippen molar-refractivity contribution in [3.05, 3.63) is 29.6 Å². The molecule has 2 aromatic rings. The Bertz CT molecular complexity index is 633. The molecule has 0 saturated heterocycles. The number of rotatable bonds is 4. The van der Waals surface area contributed by atoms with Gasteiger partial charge >= 0.3 is 5.97 Å². The number of pyridine rings is 1. The number of carbonyl (C=O) groups excluding carboxylic acids is 1. The minimum absolute atomic E-state index is 0.0896. The van der Waals surface area contributed by atoms with Gasteiger partial charge in [-0.1, -0.05) is 0 Å². The van der Waals surface area contributed by atoms with Gasteiger partial charge in [0.25, 0.3) is 0 Å². The van der Waals surface area contributed by atoms with Crippen LogP contribution in [0.4, 0.5) is 5.82 Å². The molecule has 2 rings (SSSR count). The van der Waals surface area contributed by atoms with Crippen LogP contribution in [0.15, 0.2) is 18.3 Å². The van der Waals surface area contributed by atoms with Gasteiger partial charge in [-0.2, -0.15) is 0 Å². The van der Waals surface area contributed by atoms with E-state index in [9.17, 15) is 4.79 Å². The van der Waals surface area contributed by atoms with Crippen molar-refractivity contribution in [2.45, 2.75) is 13.8 Å². The van der Waals surface area contributed by atoms with Crippen LogP contribution < -0.4 is 10.5 Å². The number of anilines is 1. The summed E-state index contributed by atoms with van der Waals surface area (Å²) in [6.07, 6.45) is 1.58. The second kappa shape index (κ2) is 6.17. The number of methoxy groups -OCH3 is 1. The van der Waals surface area contributed by atoms with Crippen molar-refractivity contribution in [1.29, 1.82) is 0 Å². The molecule has 0 unspecified atom stereocenters. The number of nitrogens with zero attached hydrogens (tertiary/aromatic N) is 3. The Labute approximate surface area is 122 Å². The summed E-state index contributed by atoms with van der Waals surface area (Å²) in [6, 6.07) is 3.47. The first-order valence-corrected chi connectivity index (χ1v) is 6.38. The third kappa shape index (κ3) is 3.07. The van der Waals surface area contributed by atoms with Gasteiger partial charge in [-0.15, -0.1) is 0 Å². The van der Waals surface area contributed by atoms with Gasteiger partial charge in [-0.3, -0.25) is 0 Å². The summed E-state index contributed by atoms with van der Waals surface area (Å²) in [5, 5.41) is 0. The lowest BCUT2D eigenvalue weighted by molar-refractivity contribution is 0.0526. The van der Waals surface area contributed by atoms with E-state index in [0.29, 0.717) is 23.0 Å². The van der Waals surface area contributed by atoms with Gasteiger partial charge < -0.3 is 15.2 Å². The van der Waals surface area contributed by atoms with Crippen molar-refractivity contribution in [1.82, 2.24) is 15.0 Å². The molecule has 0 aliphatic rings. The normalized spacial score (nSPS) is 10.2. The molecule has 2 heterocycles. The van der Waals surface area contributed by atoms with Gasteiger partial charge in [-0.25, -0.2) is 19.7 Å². The average molecular weight is 288 g/mol. The van der Waals surface area contributed by atoms with E-state index >= 15 is 0 Å². The minimum atomic E-state index is -0.521. The van der Waals surface area contributed by atoms with Gasteiger partial charge in [0.1, 0.15) is 11.4 Å². The first kappa shape index (κ1) is 14.7. The third-order valence-electron chi connectivity index (χ3n) is 2.80. The molecule has 21 heavy (non-hydrogen) atoms. The molecule has 0 spiro atoms. The van der Waals surface area contributed by atoms with Crippen molar-refractivity contribution in [3.8, 4) is 17.3 Å². The van der Waals surface area contributed by atoms with E-state index in [1.807, 2.05) is 0 Å². The van der Waals surface area contributed by atoms with Crippen molar-refractivity contribution < 1.29 is 14.3 Å². The van der Waals surface area contributed by atoms with Crippen LogP contribution in [-0.2, 0) is 4.74 Å². The number of aryl methyl sites for hydroxylation is 1. The fourth-order valence-corrected chi connectivity index (χ4v) is 1.81. The monoisotopic (exact) mass is 288 g/mol. The maximum Gasteiger partial charge on any atom is 0.343 e. The van der Waals surface area contributed by atoms with E-state index in [0.717, 1.165) is 0 Å². The van der Waals surface area contributed by atoms with Crippen LogP contribution in [0.2, 0.25) is 0 Å². The van der Waals surface area contributed by atoms with E-state index < -0.39 is 5.97 Å². The molecular formula is C14H16N4O3.